The molecule has 198 valence electrons. The van der Waals surface area contributed by atoms with Gasteiger partial charge in [0.25, 0.3) is 0 Å². The summed E-state index contributed by atoms with van der Waals surface area (Å²) in [6, 6.07) is 12.8. The van der Waals surface area contributed by atoms with E-state index < -0.39 is 16.1 Å². The Kier molecular flexibility index (Phi) is 10.5. The van der Waals surface area contributed by atoms with Crippen molar-refractivity contribution in [1.29, 1.82) is 0 Å². The Labute approximate surface area is 216 Å². The minimum atomic E-state index is -3.52. The Morgan fingerprint density at radius 1 is 0.972 bits per heavy atom. The summed E-state index contributed by atoms with van der Waals surface area (Å²) in [5.74, 6) is -0.351. The molecule has 0 aliphatic heterocycles. The van der Waals surface area contributed by atoms with E-state index in [0.717, 1.165) is 22.3 Å². The van der Waals surface area contributed by atoms with E-state index in [1.807, 2.05) is 77.9 Å². The summed E-state index contributed by atoms with van der Waals surface area (Å²) in [6.45, 7) is 12.1. The van der Waals surface area contributed by atoms with Gasteiger partial charge in [0.1, 0.15) is 6.04 Å². The van der Waals surface area contributed by atoms with Crippen LogP contribution in [0.5, 0.6) is 0 Å². The quantitative estimate of drug-likeness (QED) is 0.451. The van der Waals surface area contributed by atoms with Crippen LogP contribution in [0.15, 0.2) is 42.5 Å². The summed E-state index contributed by atoms with van der Waals surface area (Å²) in [6.07, 6.45) is 2.13. The number of benzene rings is 2. The van der Waals surface area contributed by atoms with Gasteiger partial charge in [0, 0.05) is 25.6 Å². The number of rotatable bonds is 12. The van der Waals surface area contributed by atoms with Gasteiger partial charge in [-0.25, -0.2) is 8.42 Å². The first-order valence-electron chi connectivity index (χ1n) is 12.5. The number of hydrogen-bond acceptors (Lipinski definition) is 4. The van der Waals surface area contributed by atoms with Crippen molar-refractivity contribution in [3.05, 3.63) is 64.7 Å². The number of nitrogens with zero attached hydrogens (tertiary/aromatic N) is 2. The van der Waals surface area contributed by atoms with Gasteiger partial charge in [-0.1, -0.05) is 42.8 Å². The van der Waals surface area contributed by atoms with Gasteiger partial charge >= 0.3 is 0 Å². The van der Waals surface area contributed by atoms with Crippen LogP contribution in [0.2, 0.25) is 0 Å². The zero-order valence-corrected chi connectivity index (χ0v) is 23.5. The topological polar surface area (TPSA) is 86.8 Å². The number of amides is 2. The van der Waals surface area contributed by atoms with Crippen LogP contribution < -0.4 is 9.62 Å². The van der Waals surface area contributed by atoms with Crippen LogP contribution in [0.3, 0.4) is 0 Å². The van der Waals surface area contributed by atoms with E-state index in [1.54, 1.807) is 11.0 Å². The molecule has 7 nitrogen and oxygen atoms in total. The van der Waals surface area contributed by atoms with E-state index in [1.165, 1.54) is 10.6 Å². The molecule has 2 aromatic carbocycles. The van der Waals surface area contributed by atoms with Crippen LogP contribution in [-0.4, -0.2) is 50.0 Å². The maximum Gasteiger partial charge on any atom is 0.243 e. The van der Waals surface area contributed by atoms with E-state index in [4.69, 9.17) is 0 Å². The van der Waals surface area contributed by atoms with E-state index in [2.05, 4.69) is 5.32 Å². The molecule has 0 saturated heterocycles. The summed E-state index contributed by atoms with van der Waals surface area (Å²) in [5, 5.41) is 2.93. The summed E-state index contributed by atoms with van der Waals surface area (Å²) in [4.78, 5) is 28.0. The van der Waals surface area contributed by atoms with Crippen molar-refractivity contribution in [2.45, 2.75) is 79.4 Å². The molecule has 0 radical (unpaired) electrons. The molecular formula is C28H41N3O4S. The second kappa shape index (κ2) is 12.9. The lowest BCUT2D eigenvalue weighted by Gasteiger charge is -2.31. The van der Waals surface area contributed by atoms with Gasteiger partial charge in [0.15, 0.2) is 0 Å². The third-order valence-corrected chi connectivity index (χ3v) is 7.42. The number of carbonyl (C=O) groups is 2. The molecule has 0 heterocycles. The first kappa shape index (κ1) is 29.4. The Balaban J connectivity index is 2.22. The zero-order valence-electron chi connectivity index (χ0n) is 22.7. The fraction of sp³-hybridized carbons (Fsp3) is 0.500. The molecule has 36 heavy (non-hydrogen) atoms. The van der Waals surface area contributed by atoms with Crippen molar-refractivity contribution in [1.82, 2.24) is 10.2 Å². The average molecular weight is 516 g/mol. The highest BCUT2D eigenvalue weighted by Crippen LogP contribution is 2.22. The van der Waals surface area contributed by atoms with Crippen molar-refractivity contribution >= 4 is 27.5 Å². The molecule has 0 aliphatic rings. The van der Waals surface area contributed by atoms with Crippen LogP contribution in [0.25, 0.3) is 0 Å². The maximum atomic E-state index is 13.4. The lowest BCUT2D eigenvalue weighted by atomic mass is 10.1. The van der Waals surface area contributed by atoms with Crippen LogP contribution in [-0.2, 0) is 26.2 Å². The monoisotopic (exact) mass is 515 g/mol. The van der Waals surface area contributed by atoms with Gasteiger partial charge in [0.05, 0.1) is 11.9 Å². The Morgan fingerprint density at radius 2 is 1.61 bits per heavy atom. The Hall–Kier alpha value is -2.87. The molecule has 1 N–H and O–H groups in total. The molecule has 1 atom stereocenters. The van der Waals surface area contributed by atoms with Gasteiger partial charge < -0.3 is 10.2 Å². The fourth-order valence-corrected chi connectivity index (χ4v) is 5.03. The second-order valence-electron chi connectivity index (χ2n) is 9.80. The number of sulfonamides is 1. The molecule has 8 heteroatoms. The number of carbonyl (C=O) groups excluding carboxylic acids is 2. The van der Waals surface area contributed by atoms with Crippen molar-refractivity contribution in [2.24, 2.45) is 0 Å². The number of anilines is 1. The molecule has 2 aromatic rings. The SMILES string of the molecule is CCC(C(=O)NC(C)C)N(Cc1ccc(C)cc1)C(=O)CCCN(c1ccc(C)c(C)c1)S(C)(=O)=O. The first-order chi connectivity index (χ1) is 16.8. The summed E-state index contributed by atoms with van der Waals surface area (Å²) in [5.41, 5.74) is 4.74. The lowest BCUT2D eigenvalue weighted by Crippen LogP contribution is -2.50. The molecule has 0 aliphatic carbocycles. The minimum Gasteiger partial charge on any atom is -0.352 e. The van der Waals surface area contributed by atoms with Crippen LogP contribution in [0.1, 0.15) is 62.3 Å². The summed E-state index contributed by atoms with van der Waals surface area (Å²) >= 11 is 0. The standard InChI is InChI=1S/C28H41N3O4S/c1-8-26(28(33)29-20(2)3)30(19-24-14-11-21(4)12-15-24)27(32)10-9-17-31(36(7,34)35)25-16-13-22(5)23(6)18-25/h11-16,18,20,26H,8-10,17,19H2,1-7H3,(H,29,33). The molecule has 0 fully saturated rings. The molecule has 0 bridgehead atoms. The molecule has 0 aromatic heterocycles. The smallest absolute Gasteiger partial charge is 0.243 e. The van der Waals surface area contributed by atoms with Crippen LogP contribution >= 0.6 is 0 Å². The predicted octanol–water partition coefficient (Wildman–Crippen LogP) is 4.49. The summed E-state index contributed by atoms with van der Waals surface area (Å²) in [7, 11) is -3.52. The Bertz CT molecular complexity index is 1140. The van der Waals surface area contributed by atoms with Crippen molar-refractivity contribution in [2.75, 3.05) is 17.1 Å². The highest BCUT2D eigenvalue weighted by atomic mass is 32.2. The van der Waals surface area contributed by atoms with Crippen molar-refractivity contribution < 1.29 is 18.0 Å². The van der Waals surface area contributed by atoms with Gasteiger partial charge in [-0.3, -0.25) is 13.9 Å². The molecule has 0 saturated carbocycles. The number of nitrogens with one attached hydrogen (secondary N) is 1. The first-order valence-corrected chi connectivity index (χ1v) is 14.4. The molecular weight excluding hydrogens is 474 g/mol. The zero-order chi connectivity index (χ0) is 27.0. The number of hydrogen-bond donors (Lipinski definition) is 1. The molecule has 0 spiro atoms. The normalized spacial score (nSPS) is 12.3. The fourth-order valence-electron chi connectivity index (χ4n) is 4.08. The molecule has 2 amide bonds. The second-order valence-corrected chi connectivity index (χ2v) is 11.7. The molecule has 1 unspecified atom stereocenters. The lowest BCUT2D eigenvalue weighted by molar-refractivity contribution is -0.141. The minimum absolute atomic E-state index is 0.0378. The third-order valence-electron chi connectivity index (χ3n) is 6.22. The summed E-state index contributed by atoms with van der Waals surface area (Å²) < 4.78 is 26.4. The van der Waals surface area contributed by atoms with E-state index in [9.17, 15) is 18.0 Å². The third kappa shape index (κ3) is 8.36. The van der Waals surface area contributed by atoms with Gasteiger partial charge in [-0.15, -0.1) is 0 Å². The van der Waals surface area contributed by atoms with Crippen molar-refractivity contribution in [3.63, 3.8) is 0 Å². The van der Waals surface area contributed by atoms with Crippen LogP contribution in [0.4, 0.5) is 5.69 Å². The van der Waals surface area contributed by atoms with Gasteiger partial charge in [0.2, 0.25) is 21.8 Å². The highest BCUT2D eigenvalue weighted by Gasteiger charge is 2.29. The van der Waals surface area contributed by atoms with E-state index in [0.29, 0.717) is 25.1 Å². The van der Waals surface area contributed by atoms with Crippen LogP contribution in [0, 0.1) is 20.8 Å². The van der Waals surface area contributed by atoms with Gasteiger partial charge in [-0.05, 0) is 76.3 Å². The maximum absolute atomic E-state index is 13.4. The Morgan fingerprint density at radius 3 is 2.14 bits per heavy atom. The van der Waals surface area contributed by atoms with E-state index in [-0.39, 0.29) is 30.8 Å². The van der Waals surface area contributed by atoms with Gasteiger partial charge in [-0.2, -0.15) is 0 Å². The molecule has 2 rings (SSSR count). The van der Waals surface area contributed by atoms with E-state index >= 15 is 0 Å². The largest absolute Gasteiger partial charge is 0.352 e. The average Bonchev–Trinajstić information content (AvgIpc) is 2.78. The number of aryl methyl sites for hydroxylation is 3. The predicted molar refractivity (Wildman–Crippen MR) is 146 cm³/mol. The highest BCUT2D eigenvalue weighted by molar-refractivity contribution is 7.92. The van der Waals surface area contributed by atoms with Crippen molar-refractivity contribution in [3.8, 4) is 0 Å².